The largest absolute Gasteiger partial charge is 0.451 e. The van der Waals surface area contributed by atoms with Gasteiger partial charge in [-0.2, -0.15) is 4.99 Å². The molecule has 254 valence electrons. The van der Waals surface area contributed by atoms with Gasteiger partial charge in [-0.3, -0.25) is 14.4 Å². The van der Waals surface area contributed by atoms with Crippen molar-refractivity contribution in [1.29, 1.82) is 0 Å². The van der Waals surface area contributed by atoms with E-state index in [2.05, 4.69) is 20.4 Å². The number of alkyl halides is 3. The highest BCUT2D eigenvalue weighted by Gasteiger charge is 2.49. The van der Waals surface area contributed by atoms with Crippen LogP contribution in [0.25, 0.3) is 11.1 Å². The molecule has 14 heteroatoms. The molecule has 1 aromatic heterocycles. The Morgan fingerprint density at radius 2 is 1.81 bits per heavy atom. The third-order valence-corrected chi connectivity index (χ3v) is 10.7. The van der Waals surface area contributed by atoms with E-state index in [-0.39, 0.29) is 25.1 Å². The van der Waals surface area contributed by atoms with Crippen molar-refractivity contribution >= 4 is 63.5 Å². The quantitative estimate of drug-likeness (QED) is 0.151. The van der Waals surface area contributed by atoms with E-state index < -0.39 is 51.8 Å². The van der Waals surface area contributed by atoms with E-state index in [1.54, 1.807) is 65.9 Å². The molecule has 2 N–H and O–H groups in total. The van der Waals surface area contributed by atoms with E-state index in [4.69, 9.17) is 4.74 Å². The Kier molecular flexibility index (Phi) is 10.7. The minimum absolute atomic E-state index is 0.229. The molecule has 1 aliphatic carbocycles. The summed E-state index contributed by atoms with van der Waals surface area (Å²) >= 11 is 3.11. The standard InChI is InChI=1S/C34H35F2IN4O6S/c1-5-26(40-32(45)47-4)21-13-28(48-16-21)19(2)39-31(44)27-14-33(35,18-46-3)17-41(27)29(42)15-38-30(43)20-10-11-25-23(12-20)22-8-6-7-9-24(22)34(25,36)37/h6-13,16,19,27H,5,14-15,17-18H2,1-4H3,(H,38,43)(H,39,44)/b40-26-/t19-,27?,33-,34?/m1/s1. The van der Waals surface area contributed by atoms with Gasteiger partial charge in [-0.05, 0) is 65.3 Å². The highest BCUT2D eigenvalue weighted by atomic mass is 127. The Morgan fingerprint density at radius 1 is 1.08 bits per heavy atom. The van der Waals surface area contributed by atoms with Gasteiger partial charge in [0.25, 0.3) is 5.91 Å². The second-order valence-corrected chi connectivity index (χ2v) is 14.2. The molecule has 0 radical (unpaired) electrons. The molecule has 0 spiro atoms. The van der Waals surface area contributed by atoms with Crippen molar-refractivity contribution in [3.8, 4) is 11.1 Å². The van der Waals surface area contributed by atoms with Crippen LogP contribution in [0.4, 0.5) is 13.6 Å². The lowest BCUT2D eigenvalue weighted by atomic mass is 10.0. The van der Waals surface area contributed by atoms with Crippen molar-refractivity contribution in [3.63, 3.8) is 0 Å². The van der Waals surface area contributed by atoms with Crippen LogP contribution in [0.5, 0.6) is 0 Å². The number of aliphatic imine (C=N–C) groups is 1. The van der Waals surface area contributed by atoms with E-state index in [0.717, 1.165) is 9.78 Å². The van der Waals surface area contributed by atoms with Crippen molar-refractivity contribution < 1.29 is 37.4 Å². The van der Waals surface area contributed by atoms with Crippen molar-refractivity contribution in [2.24, 2.45) is 4.99 Å². The normalized spacial score (nSPS) is 22.1. The minimum Gasteiger partial charge on any atom is -0.451 e. The van der Waals surface area contributed by atoms with Gasteiger partial charge in [0.05, 0.1) is 38.6 Å². The molecule has 2 unspecified atom stereocenters. The number of carbonyl (C=O) groups excluding carboxylic acids is 4. The Bertz CT molecular complexity index is 1780. The monoisotopic (exact) mass is 792 g/mol. The summed E-state index contributed by atoms with van der Waals surface area (Å²) in [4.78, 5) is 57.6. The number of methoxy groups -OCH3 is 2. The van der Waals surface area contributed by atoms with E-state index >= 15 is 8.78 Å². The first-order valence-electron chi connectivity index (χ1n) is 15.2. The second-order valence-electron chi connectivity index (χ2n) is 11.7. The number of halogens is 3. The van der Waals surface area contributed by atoms with Gasteiger partial charge < -0.3 is 25.0 Å². The van der Waals surface area contributed by atoms with Gasteiger partial charge in [0, 0.05) is 46.0 Å². The number of fused-ring (bicyclic) bond motifs is 3. The molecular formula is C34H35F2IN4O6S. The number of carbonyl (C=O) groups is 4. The van der Waals surface area contributed by atoms with Gasteiger partial charge in [0.1, 0.15) is 6.04 Å². The van der Waals surface area contributed by atoms with Crippen molar-refractivity contribution in [2.75, 3.05) is 33.9 Å². The predicted molar refractivity (Wildman–Crippen MR) is 186 cm³/mol. The van der Waals surface area contributed by atoms with Gasteiger partial charge in [0.15, 0.2) is 5.67 Å². The number of hydrogen-bond donors (Lipinski definition) is 2. The second kappa shape index (κ2) is 14.4. The highest BCUT2D eigenvalue weighted by molar-refractivity contribution is 14.1. The van der Waals surface area contributed by atoms with Crippen molar-refractivity contribution in [3.05, 3.63) is 81.0 Å². The molecule has 3 aromatic rings. The van der Waals surface area contributed by atoms with Crippen LogP contribution in [0, 0.1) is 0 Å². The molecule has 10 nitrogen and oxygen atoms in total. The van der Waals surface area contributed by atoms with Gasteiger partial charge in [-0.15, -0.1) is 11.3 Å². The fraction of sp³-hybridized carbons (Fsp3) is 0.382. The van der Waals surface area contributed by atoms with E-state index in [1.807, 2.05) is 18.4 Å². The van der Waals surface area contributed by atoms with Crippen molar-refractivity contribution in [1.82, 2.24) is 15.5 Å². The third-order valence-electron chi connectivity index (χ3n) is 8.47. The summed E-state index contributed by atoms with van der Waals surface area (Å²) in [5, 5.41) is 7.27. The Morgan fingerprint density at radius 3 is 2.52 bits per heavy atom. The number of nitrogens with one attached hydrogen (secondary N) is 2. The molecule has 2 aromatic carbocycles. The lowest BCUT2D eigenvalue weighted by molar-refractivity contribution is -0.138. The number of hydrogen-bond acceptors (Lipinski definition) is 7. The average molecular weight is 793 g/mol. The Balaban J connectivity index is 1.27. The predicted octanol–water partition coefficient (Wildman–Crippen LogP) is 5.86. The first-order valence-corrected chi connectivity index (χ1v) is 17.2. The van der Waals surface area contributed by atoms with E-state index in [0.29, 0.717) is 39.9 Å². The highest BCUT2D eigenvalue weighted by Crippen LogP contribution is 2.54. The molecule has 4 amide bonds. The van der Waals surface area contributed by atoms with Gasteiger partial charge in [-0.1, -0.05) is 37.3 Å². The lowest BCUT2D eigenvalue weighted by Crippen LogP contribution is -2.49. The van der Waals surface area contributed by atoms with Crippen LogP contribution in [0.2, 0.25) is 0 Å². The summed E-state index contributed by atoms with van der Waals surface area (Å²) in [5.41, 5.74) is 1.72. The van der Waals surface area contributed by atoms with Gasteiger partial charge in [0.2, 0.25) is 15.5 Å². The van der Waals surface area contributed by atoms with E-state index in [1.165, 1.54) is 31.6 Å². The molecule has 0 bridgehead atoms. The van der Waals surface area contributed by atoms with Gasteiger partial charge in [-0.25, -0.2) is 13.6 Å². The summed E-state index contributed by atoms with van der Waals surface area (Å²) < 4.78 is 39.3. The molecule has 2 aliphatic rings. The maximum absolute atomic E-state index is 15.8. The number of likely N-dealkylation sites (tertiary alicyclic amines) is 1. The van der Waals surface area contributed by atoms with Crippen LogP contribution < -0.4 is 10.6 Å². The molecule has 1 saturated heterocycles. The summed E-state index contributed by atoms with van der Waals surface area (Å²) in [6.07, 6.45) is -0.515. The fourth-order valence-electron chi connectivity index (χ4n) is 6.09. The smallest absolute Gasteiger partial charge is 0.433 e. The zero-order valence-corrected chi connectivity index (χ0v) is 29.7. The Hall–Kier alpha value is -3.76. The van der Waals surface area contributed by atoms with Crippen LogP contribution in [-0.2, 0) is 22.7 Å². The molecule has 48 heavy (non-hydrogen) atoms. The molecule has 1 aliphatic heterocycles. The SMILES string of the molecule is CC/C(=N/C(=O)OC)c1csc([C@@H](C)NC(=O)C2C[C@](F)(COC)CN2C(=O)CNC(=O)c2ccc3c(c2)-c2ccccc2C3(F)I)c1. The number of thiophene rings is 1. The number of nitrogens with zero attached hydrogens (tertiary/aromatic N) is 2. The first-order chi connectivity index (χ1) is 22.8. The summed E-state index contributed by atoms with van der Waals surface area (Å²) in [6.45, 7) is 2.42. The van der Waals surface area contributed by atoms with Crippen LogP contribution in [0.1, 0.15) is 64.7 Å². The van der Waals surface area contributed by atoms with Crippen LogP contribution in [0.3, 0.4) is 0 Å². The molecule has 4 atom stereocenters. The number of ether oxygens (including phenoxy) is 2. The lowest BCUT2D eigenvalue weighted by Gasteiger charge is -2.25. The average Bonchev–Trinajstić information content (AvgIpc) is 3.76. The van der Waals surface area contributed by atoms with Crippen LogP contribution in [-0.4, -0.2) is 80.1 Å². The van der Waals surface area contributed by atoms with Crippen molar-refractivity contribution in [2.45, 2.75) is 48.1 Å². The first kappa shape index (κ1) is 35.5. The number of benzene rings is 2. The summed E-state index contributed by atoms with van der Waals surface area (Å²) in [7, 11) is 2.58. The number of rotatable bonds is 10. The topological polar surface area (TPSA) is 126 Å². The molecule has 1 fully saturated rings. The summed E-state index contributed by atoms with van der Waals surface area (Å²) in [6, 6.07) is 11.9. The summed E-state index contributed by atoms with van der Waals surface area (Å²) in [5.74, 6) is -1.77. The fourth-order valence-corrected chi connectivity index (χ4v) is 7.96. The molecular weight excluding hydrogens is 757 g/mol. The molecule has 2 heterocycles. The Labute approximate surface area is 294 Å². The molecule has 0 saturated carbocycles. The molecule has 5 rings (SSSR count). The number of amides is 4. The minimum atomic E-state index is -1.97. The third kappa shape index (κ3) is 7.15. The maximum atomic E-state index is 15.8. The maximum Gasteiger partial charge on any atom is 0.433 e. The van der Waals surface area contributed by atoms with Gasteiger partial charge >= 0.3 is 6.09 Å². The van der Waals surface area contributed by atoms with E-state index in [9.17, 15) is 19.2 Å². The zero-order valence-electron chi connectivity index (χ0n) is 26.8. The zero-order chi connectivity index (χ0) is 34.8. The van der Waals surface area contributed by atoms with Crippen LogP contribution >= 0.6 is 33.9 Å². The van der Waals surface area contributed by atoms with Crippen LogP contribution in [0.15, 0.2) is 58.9 Å².